The molecule has 1 aliphatic heterocycles. The van der Waals surface area contributed by atoms with Crippen molar-refractivity contribution < 1.29 is 14.6 Å². The van der Waals surface area contributed by atoms with Crippen molar-refractivity contribution in [1.29, 1.82) is 0 Å². The van der Waals surface area contributed by atoms with Crippen LogP contribution in [0.5, 0.6) is 0 Å². The van der Waals surface area contributed by atoms with Crippen LogP contribution in [0.3, 0.4) is 0 Å². The summed E-state index contributed by atoms with van der Waals surface area (Å²) in [6, 6.07) is 0.0772. The molecule has 1 fully saturated rings. The maximum absolute atomic E-state index is 11.6. The van der Waals surface area contributed by atoms with E-state index in [2.05, 4.69) is 0 Å². The van der Waals surface area contributed by atoms with Crippen LogP contribution < -0.4 is 0 Å². The number of hydrogen-bond acceptors (Lipinski definition) is 3. The molecular formula is C11H21NO3. The number of ether oxygens (including phenoxy) is 1. The van der Waals surface area contributed by atoms with Crippen molar-refractivity contribution in [2.45, 2.75) is 45.8 Å². The lowest BCUT2D eigenvalue weighted by Gasteiger charge is -2.35. The Labute approximate surface area is 91.2 Å². The Morgan fingerprint density at radius 2 is 2.27 bits per heavy atom. The summed E-state index contributed by atoms with van der Waals surface area (Å²) in [5.41, 5.74) is 0. The molecule has 15 heavy (non-hydrogen) atoms. The molecule has 0 aromatic heterocycles. The number of aliphatic hydroxyl groups excluding tert-OH is 1. The third-order valence-electron chi connectivity index (χ3n) is 2.62. The van der Waals surface area contributed by atoms with Crippen molar-refractivity contribution in [3.8, 4) is 0 Å². The van der Waals surface area contributed by atoms with Crippen LogP contribution in [0.2, 0.25) is 0 Å². The number of likely N-dealkylation sites (tertiary alicyclic amines) is 1. The van der Waals surface area contributed by atoms with Gasteiger partial charge in [0.15, 0.2) is 0 Å². The molecule has 88 valence electrons. The van der Waals surface area contributed by atoms with Crippen molar-refractivity contribution in [2.75, 3.05) is 13.2 Å². The van der Waals surface area contributed by atoms with E-state index >= 15 is 0 Å². The first-order valence-electron chi connectivity index (χ1n) is 5.62. The molecule has 1 rings (SSSR count). The van der Waals surface area contributed by atoms with Gasteiger partial charge in [-0.15, -0.1) is 0 Å². The normalized spacial score (nSPS) is 26.9. The first-order chi connectivity index (χ1) is 7.00. The number of aliphatic hydroxyl groups is 1. The molecule has 4 heteroatoms. The number of hydrogen-bond donors (Lipinski definition) is 1. The first kappa shape index (κ1) is 12.3. The summed E-state index contributed by atoms with van der Waals surface area (Å²) in [7, 11) is 0. The molecule has 0 aromatic rings. The Morgan fingerprint density at radius 1 is 1.60 bits per heavy atom. The number of carbonyl (C=O) groups excluding carboxylic acids is 1. The van der Waals surface area contributed by atoms with E-state index in [1.807, 2.05) is 20.8 Å². The highest BCUT2D eigenvalue weighted by atomic mass is 16.6. The van der Waals surface area contributed by atoms with Gasteiger partial charge in [-0.1, -0.05) is 13.8 Å². The van der Waals surface area contributed by atoms with Gasteiger partial charge in [-0.05, 0) is 25.7 Å². The molecule has 0 spiro atoms. The number of amides is 1. The molecule has 2 unspecified atom stereocenters. The summed E-state index contributed by atoms with van der Waals surface area (Å²) in [6.07, 6.45) is 0.787. The van der Waals surface area contributed by atoms with Crippen LogP contribution in [0.25, 0.3) is 0 Å². The zero-order valence-corrected chi connectivity index (χ0v) is 9.77. The van der Waals surface area contributed by atoms with E-state index < -0.39 is 0 Å². The maximum Gasteiger partial charge on any atom is 0.410 e. The summed E-state index contributed by atoms with van der Waals surface area (Å²) < 4.78 is 5.15. The minimum Gasteiger partial charge on any atom is -0.449 e. The van der Waals surface area contributed by atoms with Crippen molar-refractivity contribution >= 4 is 6.09 Å². The van der Waals surface area contributed by atoms with Crippen LogP contribution in [0, 0.1) is 5.92 Å². The lowest BCUT2D eigenvalue weighted by atomic mass is 10.0. The molecule has 1 amide bonds. The van der Waals surface area contributed by atoms with Crippen LogP contribution in [-0.4, -0.2) is 41.4 Å². The molecule has 2 atom stereocenters. The Balaban J connectivity index is 2.38. The van der Waals surface area contributed by atoms with Gasteiger partial charge < -0.3 is 14.7 Å². The van der Waals surface area contributed by atoms with E-state index in [1.165, 1.54) is 0 Å². The third kappa shape index (κ3) is 3.70. The Morgan fingerprint density at radius 3 is 2.80 bits per heavy atom. The molecule has 0 aliphatic carbocycles. The fourth-order valence-corrected chi connectivity index (χ4v) is 1.74. The Hall–Kier alpha value is -0.770. The van der Waals surface area contributed by atoms with Crippen molar-refractivity contribution in [2.24, 2.45) is 5.92 Å². The van der Waals surface area contributed by atoms with Gasteiger partial charge in [0.1, 0.15) is 0 Å². The first-order valence-corrected chi connectivity index (χ1v) is 5.62. The minimum atomic E-state index is -0.269. The average Bonchev–Trinajstić information content (AvgIpc) is 2.14. The van der Waals surface area contributed by atoms with Crippen LogP contribution in [-0.2, 0) is 4.74 Å². The molecule has 0 bridgehead atoms. The second kappa shape index (κ2) is 5.35. The summed E-state index contributed by atoms with van der Waals surface area (Å²) in [6.45, 7) is 7.02. The minimum absolute atomic E-state index is 0.0772. The molecule has 1 N–H and O–H groups in total. The van der Waals surface area contributed by atoms with Crippen molar-refractivity contribution in [3.05, 3.63) is 0 Å². The second-order valence-electron chi connectivity index (χ2n) is 4.69. The van der Waals surface area contributed by atoms with Gasteiger partial charge in [-0.3, -0.25) is 0 Å². The summed E-state index contributed by atoms with van der Waals surface area (Å²) >= 11 is 0. The highest BCUT2D eigenvalue weighted by Gasteiger charge is 2.28. The molecule has 0 radical (unpaired) electrons. The lowest BCUT2D eigenvalue weighted by molar-refractivity contribution is 0.0307. The zero-order valence-electron chi connectivity index (χ0n) is 9.77. The summed E-state index contributed by atoms with van der Waals surface area (Å²) in [4.78, 5) is 13.3. The molecule has 1 saturated heterocycles. The number of nitrogens with zero attached hydrogens (tertiary/aromatic N) is 1. The predicted molar refractivity (Wildman–Crippen MR) is 57.6 cm³/mol. The highest BCUT2D eigenvalue weighted by molar-refractivity contribution is 5.68. The van der Waals surface area contributed by atoms with Crippen LogP contribution in [0.1, 0.15) is 33.6 Å². The Bertz CT molecular complexity index is 218. The van der Waals surface area contributed by atoms with Crippen LogP contribution >= 0.6 is 0 Å². The van der Waals surface area contributed by atoms with E-state index in [0.717, 1.165) is 0 Å². The van der Waals surface area contributed by atoms with Crippen molar-refractivity contribution in [1.82, 2.24) is 4.90 Å². The quantitative estimate of drug-likeness (QED) is 0.761. The van der Waals surface area contributed by atoms with E-state index in [4.69, 9.17) is 4.74 Å². The van der Waals surface area contributed by atoms with Gasteiger partial charge >= 0.3 is 6.09 Å². The molecule has 0 saturated carbocycles. The zero-order chi connectivity index (χ0) is 11.4. The van der Waals surface area contributed by atoms with Crippen LogP contribution in [0.15, 0.2) is 0 Å². The average molecular weight is 215 g/mol. The topological polar surface area (TPSA) is 49.8 Å². The van der Waals surface area contributed by atoms with Gasteiger partial charge in [-0.25, -0.2) is 4.79 Å². The van der Waals surface area contributed by atoms with Crippen LogP contribution in [0.4, 0.5) is 4.79 Å². The predicted octanol–water partition coefficient (Wildman–Crippen LogP) is 1.62. The smallest absolute Gasteiger partial charge is 0.410 e. The molecule has 0 aromatic carbocycles. The van der Waals surface area contributed by atoms with E-state index in [9.17, 15) is 9.90 Å². The Kier molecular flexibility index (Phi) is 4.39. The number of carbonyl (C=O) groups is 1. The summed E-state index contributed by atoms with van der Waals surface area (Å²) in [5.74, 6) is 0.361. The summed E-state index contributed by atoms with van der Waals surface area (Å²) in [5, 5.41) is 9.42. The van der Waals surface area contributed by atoms with Gasteiger partial charge in [0.05, 0.1) is 12.7 Å². The monoisotopic (exact) mass is 215 g/mol. The number of rotatable bonds is 2. The molecular weight excluding hydrogens is 194 g/mol. The largest absolute Gasteiger partial charge is 0.449 e. The number of piperidine rings is 1. The van der Waals surface area contributed by atoms with Crippen molar-refractivity contribution in [3.63, 3.8) is 0 Å². The van der Waals surface area contributed by atoms with E-state index in [0.29, 0.717) is 31.9 Å². The maximum atomic E-state index is 11.6. The second-order valence-corrected chi connectivity index (χ2v) is 4.69. The lowest BCUT2D eigenvalue weighted by Crippen LogP contribution is -2.46. The molecule has 1 heterocycles. The molecule has 4 nitrogen and oxygen atoms in total. The van der Waals surface area contributed by atoms with E-state index in [1.54, 1.807) is 4.90 Å². The SMILES string of the molecule is CC(C)COC(=O)N1CCC(O)CC1C. The van der Waals surface area contributed by atoms with Gasteiger partial charge in [-0.2, -0.15) is 0 Å². The van der Waals surface area contributed by atoms with Gasteiger partial charge in [0.25, 0.3) is 0 Å². The molecule has 1 aliphatic rings. The standard InChI is InChI=1S/C11H21NO3/c1-8(2)7-15-11(14)12-5-4-10(13)6-9(12)3/h8-10,13H,4-7H2,1-3H3. The van der Waals surface area contributed by atoms with Gasteiger partial charge in [0, 0.05) is 12.6 Å². The third-order valence-corrected chi connectivity index (χ3v) is 2.62. The van der Waals surface area contributed by atoms with E-state index in [-0.39, 0.29) is 18.2 Å². The van der Waals surface area contributed by atoms with Gasteiger partial charge in [0.2, 0.25) is 0 Å². The fourth-order valence-electron chi connectivity index (χ4n) is 1.74. The fraction of sp³-hybridized carbons (Fsp3) is 0.909. The highest BCUT2D eigenvalue weighted by Crippen LogP contribution is 2.18.